The molecule has 1 aliphatic carbocycles. The summed E-state index contributed by atoms with van der Waals surface area (Å²) in [6, 6.07) is 7.87. The van der Waals surface area contributed by atoms with Gasteiger partial charge in [-0.3, -0.25) is 0 Å². The summed E-state index contributed by atoms with van der Waals surface area (Å²) in [4.78, 5) is 12.1. The molecule has 0 aliphatic heterocycles. The van der Waals surface area contributed by atoms with E-state index in [1.54, 1.807) is 0 Å². The predicted molar refractivity (Wildman–Crippen MR) is 86.7 cm³/mol. The molecule has 2 unspecified atom stereocenters. The number of aryl methyl sites for hydroxylation is 1. The van der Waals surface area contributed by atoms with Crippen molar-refractivity contribution in [2.24, 2.45) is 0 Å². The Labute approximate surface area is 132 Å². The van der Waals surface area contributed by atoms with E-state index >= 15 is 0 Å². The molecule has 0 aromatic heterocycles. The third-order valence-electron chi connectivity index (χ3n) is 4.45. The summed E-state index contributed by atoms with van der Waals surface area (Å²) in [5.41, 5.74) is 1.82. The highest BCUT2D eigenvalue weighted by atomic mass is 16.6. The van der Waals surface area contributed by atoms with Crippen LogP contribution in [0.2, 0.25) is 0 Å². The molecule has 1 fully saturated rings. The summed E-state index contributed by atoms with van der Waals surface area (Å²) in [6.07, 6.45) is 4.46. The Bertz CT molecular complexity index is 483. The van der Waals surface area contributed by atoms with Crippen LogP contribution in [0.3, 0.4) is 0 Å². The molecule has 1 amide bonds. The number of alkyl carbamates (subject to hydrolysis) is 1. The van der Waals surface area contributed by atoms with Crippen molar-refractivity contribution in [2.75, 3.05) is 0 Å². The van der Waals surface area contributed by atoms with Crippen molar-refractivity contribution in [3.05, 3.63) is 35.4 Å². The molecule has 1 aliphatic rings. The monoisotopic (exact) mass is 305 g/mol. The number of hydrogen-bond acceptors (Lipinski definition) is 3. The van der Waals surface area contributed by atoms with Crippen LogP contribution in [-0.4, -0.2) is 23.3 Å². The van der Waals surface area contributed by atoms with Gasteiger partial charge in [0.2, 0.25) is 0 Å². The van der Waals surface area contributed by atoms with Gasteiger partial charge in [0.25, 0.3) is 0 Å². The molecule has 0 bridgehead atoms. The molecule has 0 radical (unpaired) electrons. The minimum Gasteiger partial charge on any atom is -0.443 e. The van der Waals surface area contributed by atoms with E-state index in [-0.39, 0.29) is 6.04 Å². The van der Waals surface area contributed by atoms with Crippen LogP contribution in [0.5, 0.6) is 0 Å². The van der Waals surface area contributed by atoms with Gasteiger partial charge in [0.15, 0.2) is 0 Å². The van der Waals surface area contributed by atoms with Crippen LogP contribution in [0.1, 0.15) is 62.7 Å². The molecular formula is C18H27NO3. The van der Waals surface area contributed by atoms with Crippen molar-refractivity contribution in [3.8, 4) is 0 Å². The zero-order valence-corrected chi connectivity index (χ0v) is 13.5. The number of amides is 1. The Morgan fingerprint density at radius 1 is 1.32 bits per heavy atom. The van der Waals surface area contributed by atoms with Crippen LogP contribution in [0.15, 0.2) is 24.3 Å². The lowest BCUT2D eigenvalue weighted by Crippen LogP contribution is -2.39. The zero-order chi connectivity index (χ0) is 15.9. The summed E-state index contributed by atoms with van der Waals surface area (Å²) in [5.74, 6) is 0. The van der Waals surface area contributed by atoms with E-state index in [4.69, 9.17) is 4.74 Å². The zero-order valence-electron chi connectivity index (χ0n) is 13.5. The number of aliphatic hydroxyl groups excluding tert-OH is 1. The molecule has 0 heterocycles. The summed E-state index contributed by atoms with van der Waals surface area (Å²) in [6.45, 7) is 3.87. The van der Waals surface area contributed by atoms with Gasteiger partial charge in [0, 0.05) is 6.04 Å². The van der Waals surface area contributed by atoms with Gasteiger partial charge in [-0.15, -0.1) is 0 Å². The highest BCUT2D eigenvalue weighted by Crippen LogP contribution is 2.25. The lowest BCUT2D eigenvalue weighted by molar-refractivity contribution is -0.00207. The second kappa shape index (κ2) is 8.18. The Balaban J connectivity index is 1.93. The van der Waals surface area contributed by atoms with Gasteiger partial charge < -0.3 is 15.2 Å². The highest BCUT2D eigenvalue weighted by Gasteiger charge is 2.25. The normalized spacial score (nSPS) is 18.5. The quantitative estimate of drug-likeness (QED) is 0.868. The first-order valence-electron chi connectivity index (χ1n) is 8.32. The number of hydrogen-bond donors (Lipinski definition) is 2. The average Bonchev–Trinajstić information content (AvgIpc) is 2.53. The van der Waals surface area contributed by atoms with Crippen LogP contribution >= 0.6 is 0 Å². The minimum atomic E-state index is -0.789. The lowest BCUT2D eigenvalue weighted by Gasteiger charge is -2.26. The SMILES string of the molecule is CCC(OC(=O)NC1CCCCC1)C(O)c1ccccc1C. The molecule has 1 saturated carbocycles. The van der Waals surface area contributed by atoms with E-state index in [0.29, 0.717) is 6.42 Å². The van der Waals surface area contributed by atoms with Gasteiger partial charge >= 0.3 is 6.09 Å². The molecule has 4 nitrogen and oxygen atoms in total. The lowest BCUT2D eigenvalue weighted by atomic mass is 9.96. The molecule has 22 heavy (non-hydrogen) atoms. The first-order chi connectivity index (χ1) is 10.6. The molecule has 1 aromatic rings. The number of aliphatic hydroxyl groups is 1. The predicted octanol–water partition coefficient (Wildman–Crippen LogP) is 3.87. The maximum atomic E-state index is 12.1. The van der Waals surface area contributed by atoms with Crippen molar-refractivity contribution in [1.29, 1.82) is 0 Å². The number of ether oxygens (including phenoxy) is 1. The fourth-order valence-electron chi connectivity index (χ4n) is 3.08. The molecule has 2 rings (SSSR count). The topological polar surface area (TPSA) is 58.6 Å². The highest BCUT2D eigenvalue weighted by molar-refractivity contribution is 5.67. The van der Waals surface area contributed by atoms with Crippen molar-refractivity contribution < 1.29 is 14.6 Å². The molecular weight excluding hydrogens is 278 g/mol. The van der Waals surface area contributed by atoms with Crippen LogP contribution in [0.4, 0.5) is 4.79 Å². The fourth-order valence-corrected chi connectivity index (χ4v) is 3.08. The van der Waals surface area contributed by atoms with Crippen LogP contribution < -0.4 is 5.32 Å². The standard InChI is InChI=1S/C18H27NO3/c1-3-16(17(20)15-12-8-7-9-13(15)2)22-18(21)19-14-10-5-4-6-11-14/h7-9,12,14,16-17,20H,3-6,10-11H2,1-2H3,(H,19,21). The van der Waals surface area contributed by atoms with E-state index in [1.165, 1.54) is 6.42 Å². The summed E-state index contributed by atoms with van der Waals surface area (Å²) >= 11 is 0. The van der Waals surface area contributed by atoms with Crippen molar-refractivity contribution in [3.63, 3.8) is 0 Å². The van der Waals surface area contributed by atoms with Crippen molar-refractivity contribution >= 4 is 6.09 Å². The molecule has 2 atom stereocenters. The first kappa shape index (κ1) is 16.8. The molecule has 1 aromatic carbocycles. The molecule has 0 saturated heterocycles. The van der Waals surface area contributed by atoms with Gasteiger partial charge in [0.05, 0.1) is 0 Å². The molecule has 2 N–H and O–H groups in total. The Hall–Kier alpha value is -1.55. The number of carbonyl (C=O) groups excluding carboxylic acids is 1. The van der Waals surface area contributed by atoms with Crippen LogP contribution in [-0.2, 0) is 4.74 Å². The van der Waals surface area contributed by atoms with E-state index in [2.05, 4.69) is 5.32 Å². The number of benzene rings is 1. The van der Waals surface area contributed by atoms with Crippen LogP contribution in [0.25, 0.3) is 0 Å². The second-order valence-corrected chi connectivity index (χ2v) is 6.13. The largest absolute Gasteiger partial charge is 0.443 e. The van der Waals surface area contributed by atoms with Gasteiger partial charge in [0.1, 0.15) is 12.2 Å². The Morgan fingerprint density at radius 3 is 2.64 bits per heavy atom. The molecule has 0 spiro atoms. The Kier molecular flexibility index (Phi) is 6.25. The average molecular weight is 305 g/mol. The number of rotatable bonds is 5. The maximum absolute atomic E-state index is 12.1. The molecule has 122 valence electrons. The number of nitrogens with one attached hydrogen (secondary N) is 1. The third-order valence-corrected chi connectivity index (χ3v) is 4.45. The second-order valence-electron chi connectivity index (χ2n) is 6.13. The first-order valence-corrected chi connectivity index (χ1v) is 8.32. The van der Waals surface area contributed by atoms with Gasteiger partial charge in [-0.25, -0.2) is 4.79 Å². The minimum absolute atomic E-state index is 0.217. The fraction of sp³-hybridized carbons (Fsp3) is 0.611. The summed E-state index contributed by atoms with van der Waals surface area (Å²) in [7, 11) is 0. The molecule has 4 heteroatoms. The maximum Gasteiger partial charge on any atom is 0.407 e. The van der Waals surface area contributed by atoms with E-state index in [0.717, 1.165) is 36.8 Å². The van der Waals surface area contributed by atoms with Crippen molar-refractivity contribution in [1.82, 2.24) is 5.32 Å². The van der Waals surface area contributed by atoms with Gasteiger partial charge in [-0.05, 0) is 37.3 Å². The van der Waals surface area contributed by atoms with E-state index in [1.807, 2.05) is 38.1 Å². The van der Waals surface area contributed by atoms with Crippen LogP contribution in [0, 0.1) is 6.92 Å². The summed E-state index contributed by atoms with van der Waals surface area (Å²) < 4.78 is 5.47. The van der Waals surface area contributed by atoms with E-state index in [9.17, 15) is 9.90 Å². The van der Waals surface area contributed by atoms with E-state index < -0.39 is 18.3 Å². The number of carbonyl (C=O) groups is 1. The third kappa shape index (κ3) is 4.47. The Morgan fingerprint density at radius 2 is 2.00 bits per heavy atom. The summed E-state index contributed by atoms with van der Waals surface area (Å²) in [5, 5.41) is 13.4. The smallest absolute Gasteiger partial charge is 0.407 e. The van der Waals surface area contributed by atoms with Gasteiger partial charge in [-0.2, -0.15) is 0 Å². The van der Waals surface area contributed by atoms with Crippen molar-refractivity contribution in [2.45, 2.75) is 70.6 Å². The van der Waals surface area contributed by atoms with Gasteiger partial charge in [-0.1, -0.05) is 50.5 Å².